The lowest BCUT2D eigenvalue weighted by molar-refractivity contribution is -0.131. The molecule has 2 aromatic rings. The number of nitrogens with one attached hydrogen (secondary N) is 1. The molecule has 1 unspecified atom stereocenters. The molecule has 1 atom stereocenters. The van der Waals surface area contributed by atoms with Gasteiger partial charge in [0.15, 0.2) is 11.5 Å². The van der Waals surface area contributed by atoms with Crippen molar-refractivity contribution in [2.75, 3.05) is 14.2 Å². The summed E-state index contributed by atoms with van der Waals surface area (Å²) in [6, 6.07) is 11.0. The maximum absolute atomic E-state index is 12.2. The average molecular weight is 341 g/mol. The smallest absolute Gasteiger partial charge is 0.264 e. The summed E-state index contributed by atoms with van der Waals surface area (Å²) in [4.78, 5) is 21.7. The van der Waals surface area contributed by atoms with Crippen LogP contribution in [0.1, 0.15) is 17.7 Å². The molecule has 1 amide bonds. The van der Waals surface area contributed by atoms with Gasteiger partial charge in [0.1, 0.15) is 0 Å². The van der Waals surface area contributed by atoms with Crippen LogP contribution in [0.2, 0.25) is 0 Å². The quantitative estimate of drug-likeness (QED) is 0.868. The summed E-state index contributed by atoms with van der Waals surface area (Å²) >= 11 is 0. The number of pyridine rings is 1. The van der Waals surface area contributed by atoms with Crippen LogP contribution < -0.4 is 14.8 Å². The van der Waals surface area contributed by atoms with Gasteiger partial charge in [-0.1, -0.05) is 11.2 Å². The highest BCUT2D eigenvalue weighted by Crippen LogP contribution is 2.29. The number of nitrogens with zero attached hydrogens (tertiary/aromatic N) is 2. The van der Waals surface area contributed by atoms with E-state index < -0.39 is 6.10 Å². The number of hydrogen-bond acceptors (Lipinski definition) is 6. The molecule has 1 N–H and O–H groups in total. The first-order valence-corrected chi connectivity index (χ1v) is 7.84. The Kier molecular flexibility index (Phi) is 5.13. The summed E-state index contributed by atoms with van der Waals surface area (Å²) in [5, 5.41) is 6.85. The standard InChI is InChI=1S/C18H19N3O4/c1-23-15-7-6-12(9-16(15)24-2)14-10-17(25-21-14)18(22)20-11-13-5-3-4-8-19-13/h3-9,17H,10-11H2,1-2H3,(H,20,22). The van der Waals surface area contributed by atoms with E-state index in [2.05, 4.69) is 15.5 Å². The fourth-order valence-electron chi connectivity index (χ4n) is 2.50. The molecule has 1 aromatic carbocycles. The predicted molar refractivity (Wildman–Crippen MR) is 91.7 cm³/mol. The number of benzene rings is 1. The molecule has 3 rings (SSSR count). The molecular formula is C18H19N3O4. The van der Waals surface area contributed by atoms with Gasteiger partial charge in [-0.2, -0.15) is 0 Å². The highest BCUT2D eigenvalue weighted by atomic mass is 16.6. The first-order chi connectivity index (χ1) is 12.2. The molecule has 0 spiro atoms. The van der Waals surface area contributed by atoms with Crippen LogP contribution in [0.25, 0.3) is 0 Å². The molecule has 7 nitrogen and oxygen atoms in total. The summed E-state index contributed by atoms with van der Waals surface area (Å²) in [7, 11) is 3.15. The van der Waals surface area contributed by atoms with Crippen LogP contribution in [-0.4, -0.2) is 36.9 Å². The Hall–Kier alpha value is -3.09. The van der Waals surface area contributed by atoms with Gasteiger partial charge in [-0.05, 0) is 30.3 Å². The second kappa shape index (κ2) is 7.65. The number of ether oxygens (including phenoxy) is 2. The Morgan fingerprint density at radius 2 is 2.08 bits per heavy atom. The molecule has 0 saturated carbocycles. The van der Waals surface area contributed by atoms with E-state index in [4.69, 9.17) is 14.3 Å². The Balaban J connectivity index is 1.60. The predicted octanol–water partition coefficient (Wildman–Crippen LogP) is 1.91. The third-order valence-electron chi connectivity index (χ3n) is 3.85. The minimum atomic E-state index is -0.646. The Labute approximate surface area is 145 Å². The van der Waals surface area contributed by atoms with Crippen LogP contribution in [0.15, 0.2) is 47.8 Å². The van der Waals surface area contributed by atoms with Crippen molar-refractivity contribution in [1.29, 1.82) is 0 Å². The second-order valence-corrected chi connectivity index (χ2v) is 5.44. The van der Waals surface area contributed by atoms with Gasteiger partial charge in [-0.25, -0.2) is 0 Å². The van der Waals surface area contributed by atoms with Crippen molar-refractivity contribution < 1.29 is 19.1 Å². The van der Waals surface area contributed by atoms with Gasteiger partial charge in [0.05, 0.1) is 32.2 Å². The van der Waals surface area contributed by atoms with Gasteiger partial charge < -0.3 is 19.6 Å². The fraction of sp³-hybridized carbons (Fsp3) is 0.278. The molecule has 1 aromatic heterocycles. The van der Waals surface area contributed by atoms with Gasteiger partial charge in [-0.3, -0.25) is 9.78 Å². The molecule has 0 saturated heterocycles. The number of carbonyl (C=O) groups is 1. The SMILES string of the molecule is COc1ccc(C2=NOC(C(=O)NCc3ccccn3)C2)cc1OC. The van der Waals surface area contributed by atoms with E-state index >= 15 is 0 Å². The molecule has 1 aliphatic heterocycles. The summed E-state index contributed by atoms with van der Waals surface area (Å²) in [6.07, 6.45) is 1.43. The monoisotopic (exact) mass is 341 g/mol. The number of aromatic nitrogens is 1. The minimum absolute atomic E-state index is 0.218. The van der Waals surface area contributed by atoms with Crippen LogP contribution in [0, 0.1) is 0 Å². The zero-order chi connectivity index (χ0) is 17.6. The molecule has 1 aliphatic rings. The van der Waals surface area contributed by atoms with Crippen LogP contribution in [0.5, 0.6) is 11.5 Å². The van der Waals surface area contributed by atoms with Gasteiger partial charge in [0.25, 0.3) is 5.91 Å². The van der Waals surface area contributed by atoms with E-state index in [-0.39, 0.29) is 5.91 Å². The number of rotatable bonds is 6. The van der Waals surface area contributed by atoms with E-state index in [1.165, 1.54) is 0 Å². The van der Waals surface area contributed by atoms with Gasteiger partial charge in [-0.15, -0.1) is 0 Å². The molecule has 0 aliphatic carbocycles. The normalized spacial score (nSPS) is 15.9. The summed E-state index contributed by atoms with van der Waals surface area (Å²) in [5.41, 5.74) is 2.31. The molecule has 0 bridgehead atoms. The molecule has 0 fully saturated rings. The maximum Gasteiger partial charge on any atom is 0.264 e. The van der Waals surface area contributed by atoms with Crippen molar-refractivity contribution in [2.45, 2.75) is 19.1 Å². The van der Waals surface area contributed by atoms with E-state index in [0.29, 0.717) is 30.2 Å². The first kappa shape index (κ1) is 16.8. The van der Waals surface area contributed by atoms with Crippen molar-refractivity contribution in [3.8, 4) is 11.5 Å². The maximum atomic E-state index is 12.2. The number of hydrogen-bond donors (Lipinski definition) is 1. The molecule has 7 heteroatoms. The Morgan fingerprint density at radius 3 is 2.80 bits per heavy atom. The van der Waals surface area contributed by atoms with E-state index in [1.54, 1.807) is 26.5 Å². The lowest BCUT2D eigenvalue weighted by Crippen LogP contribution is -2.34. The van der Waals surface area contributed by atoms with Crippen LogP contribution >= 0.6 is 0 Å². The van der Waals surface area contributed by atoms with Gasteiger partial charge >= 0.3 is 0 Å². The fourth-order valence-corrected chi connectivity index (χ4v) is 2.50. The average Bonchev–Trinajstić information content (AvgIpc) is 3.16. The highest BCUT2D eigenvalue weighted by Gasteiger charge is 2.29. The molecule has 0 radical (unpaired) electrons. The number of oxime groups is 1. The van der Waals surface area contributed by atoms with Crippen molar-refractivity contribution in [1.82, 2.24) is 10.3 Å². The lowest BCUT2D eigenvalue weighted by Gasteiger charge is -2.10. The van der Waals surface area contributed by atoms with E-state index in [1.807, 2.05) is 30.3 Å². The van der Waals surface area contributed by atoms with E-state index in [0.717, 1.165) is 11.3 Å². The minimum Gasteiger partial charge on any atom is -0.493 e. The van der Waals surface area contributed by atoms with Gasteiger partial charge in [0, 0.05) is 18.2 Å². The zero-order valence-electron chi connectivity index (χ0n) is 14.1. The summed E-state index contributed by atoms with van der Waals surface area (Å²) < 4.78 is 10.5. The lowest BCUT2D eigenvalue weighted by atomic mass is 10.0. The van der Waals surface area contributed by atoms with Crippen LogP contribution in [0.4, 0.5) is 0 Å². The molecule has 2 heterocycles. The third kappa shape index (κ3) is 3.88. The number of carbonyl (C=O) groups excluding carboxylic acids is 1. The second-order valence-electron chi connectivity index (χ2n) is 5.44. The van der Waals surface area contributed by atoms with Crippen molar-refractivity contribution in [3.63, 3.8) is 0 Å². The highest BCUT2D eigenvalue weighted by molar-refractivity contribution is 6.04. The largest absolute Gasteiger partial charge is 0.493 e. The third-order valence-corrected chi connectivity index (χ3v) is 3.85. The Bertz CT molecular complexity index is 777. The van der Waals surface area contributed by atoms with Crippen LogP contribution in [-0.2, 0) is 16.2 Å². The van der Waals surface area contributed by atoms with E-state index in [9.17, 15) is 4.79 Å². The molecular weight excluding hydrogens is 322 g/mol. The van der Waals surface area contributed by atoms with Gasteiger partial charge in [0.2, 0.25) is 6.10 Å². The Morgan fingerprint density at radius 1 is 1.24 bits per heavy atom. The van der Waals surface area contributed by atoms with Crippen molar-refractivity contribution in [3.05, 3.63) is 53.9 Å². The topological polar surface area (TPSA) is 82.0 Å². The number of amides is 1. The van der Waals surface area contributed by atoms with Crippen molar-refractivity contribution >= 4 is 11.6 Å². The zero-order valence-corrected chi connectivity index (χ0v) is 14.1. The molecule has 25 heavy (non-hydrogen) atoms. The summed E-state index contributed by atoms with van der Waals surface area (Å²) in [5.74, 6) is 1.02. The number of methoxy groups -OCH3 is 2. The summed E-state index contributed by atoms with van der Waals surface area (Å²) in [6.45, 7) is 0.352. The van der Waals surface area contributed by atoms with Crippen LogP contribution in [0.3, 0.4) is 0 Å². The van der Waals surface area contributed by atoms with Crippen molar-refractivity contribution in [2.24, 2.45) is 5.16 Å². The molecule has 130 valence electrons. The first-order valence-electron chi connectivity index (χ1n) is 7.84.